The molecule has 0 saturated carbocycles. The molecule has 0 amide bonds. The molecule has 0 bridgehead atoms. The number of imidazole rings is 1. The Kier molecular flexibility index (Phi) is 6.66. The number of tetrazole rings is 1. The highest BCUT2D eigenvalue weighted by Crippen LogP contribution is 2.50. The number of benzene rings is 1. The summed E-state index contributed by atoms with van der Waals surface area (Å²) >= 11 is 6.18. The quantitative estimate of drug-likeness (QED) is 0.239. The molecule has 9 nitrogen and oxygen atoms in total. The van der Waals surface area contributed by atoms with Crippen molar-refractivity contribution >= 4 is 17.6 Å². The second kappa shape index (κ2) is 9.93. The van der Waals surface area contributed by atoms with Crippen molar-refractivity contribution in [3.05, 3.63) is 70.7 Å². The lowest BCUT2D eigenvalue weighted by Crippen LogP contribution is -2.14. The first-order chi connectivity index (χ1) is 18.2. The molecule has 2 aromatic heterocycles. The van der Waals surface area contributed by atoms with E-state index in [2.05, 4.69) is 25.6 Å². The van der Waals surface area contributed by atoms with E-state index in [9.17, 15) is 23.1 Å². The van der Waals surface area contributed by atoms with Crippen LogP contribution in [0.3, 0.4) is 0 Å². The monoisotopic (exact) mass is 544 g/mol. The molecular weight excluding hydrogens is 525 g/mol. The lowest BCUT2D eigenvalue weighted by Gasteiger charge is -2.15. The molecule has 5 rings (SSSR count). The summed E-state index contributed by atoms with van der Waals surface area (Å²) < 4.78 is 50.2. The minimum absolute atomic E-state index is 0.0845. The van der Waals surface area contributed by atoms with E-state index < -0.39 is 17.7 Å². The van der Waals surface area contributed by atoms with Gasteiger partial charge in [0.15, 0.2) is 16.7 Å². The summed E-state index contributed by atoms with van der Waals surface area (Å²) in [6.45, 7) is 1.77. The number of rotatable bonds is 8. The van der Waals surface area contributed by atoms with Crippen molar-refractivity contribution in [2.24, 2.45) is 0 Å². The van der Waals surface area contributed by atoms with Gasteiger partial charge in [-0.05, 0) is 39.6 Å². The van der Waals surface area contributed by atoms with Crippen LogP contribution in [0.1, 0.15) is 47.2 Å². The predicted molar refractivity (Wildman–Crippen MR) is 131 cm³/mol. The van der Waals surface area contributed by atoms with Gasteiger partial charge in [-0.15, -0.1) is 5.10 Å². The zero-order valence-electron chi connectivity index (χ0n) is 19.9. The second-order valence-electron chi connectivity index (χ2n) is 8.60. The van der Waals surface area contributed by atoms with E-state index in [-0.39, 0.29) is 45.2 Å². The fourth-order valence-electron chi connectivity index (χ4n) is 4.62. The first-order valence-electron chi connectivity index (χ1n) is 11.6. The Hall–Kier alpha value is -4.19. The molecule has 3 aromatic rings. The minimum Gasteiger partial charge on any atom is -0.476 e. The fourth-order valence-corrected chi connectivity index (χ4v) is 4.90. The zero-order valence-corrected chi connectivity index (χ0v) is 20.6. The van der Waals surface area contributed by atoms with Crippen molar-refractivity contribution in [2.45, 2.75) is 38.9 Å². The van der Waals surface area contributed by atoms with Gasteiger partial charge in [0, 0.05) is 23.1 Å². The number of carboxylic acids is 1. The van der Waals surface area contributed by atoms with Crippen LogP contribution in [-0.2, 0) is 19.1 Å². The fraction of sp³-hybridized carbons (Fsp3) is 0.240. The summed E-state index contributed by atoms with van der Waals surface area (Å²) in [6.07, 6.45) is -0.471. The van der Waals surface area contributed by atoms with Crippen molar-refractivity contribution in [3.63, 3.8) is 0 Å². The number of fused-ring (bicyclic) bond motifs is 1. The maximum Gasteiger partial charge on any atom is 0.417 e. The highest BCUT2D eigenvalue weighted by molar-refractivity contribution is 6.32. The average molecular weight is 545 g/mol. The van der Waals surface area contributed by atoms with Gasteiger partial charge < -0.3 is 14.1 Å². The van der Waals surface area contributed by atoms with Crippen LogP contribution in [0.4, 0.5) is 13.2 Å². The molecular formula is C25H20ClF3N6O3. The van der Waals surface area contributed by atoms with E-state index in [1.54, 1.807) is 24.3 Å². The van der Waals surface area contributed by atoms with E-state index in [4.69, 9.17) is 16.0 Å². The van der Waals surface area contributed by atoms with Gasteiger partial charge in [0.25, 0.3) is 0 Å². The molecule has 2 aliphatic rings. The van der Waals surface area contributed by atoms with Crippen LogP contribution < -0.4 is 0 Å². The number of alkyl halides is 3. The summed E-state index contributed by atoms with van der Waals surface area (Å²) in [5, 5.41) is 23.1. The molecule has 0 saturated heterocycles. The summed E-state index contributed by atoms with van der Waals surface area (Å²) in [7, 11) is 0. The third kappa shape index (κ3) is 4.51. The van der Waals surface area contributed by atoms with E-state index >= 15 is 0 Å². The van der Waals surface area contributed by atoms with E-state index in [1.165, 1.54) is 16.9 Å². The molecule has 1 aromatic carbocycles. The van der Waals surface area contributed by atoms with E-state index in [0.717, 1.165) is 12.7 Å². The molecule has 0 radical (unpaired) electrons. The highest BCUT2D eigenvalue weighted by Gasteiger charge is 2.42. The van der Waals surface area contributed by atoms with Gasteiger partial charge in [-0.2, -0.15) is 13.2 Å². The first kappa shape index (κ1) is 25.5. The Bertz CT molecular complexity index is 1560. The topological polar surface area (TPSA) is 123 Å². The normalized spacial score (nSPS) is 11.9. The van der Waals surface area contributed by atoms with Crippen molar-refractivity contribution in [3.8, 4) is 33.6 Å². The number of hydrogen-bond acceptors (Lipinski definition) is 6. The maximum absolute atomic E-state index is 14.6. The number of carbonyl (C=O) groups is 1. The van der Waals surface area contributed by atoms with Crippen molar-refractivity contribution in [1.29, 1.82) is 0 Å². The Morgan fingerprint density at radius 1 is 1.16 bits per heavy atom. The number of aromatic nitrogens is 6. The number of hydrogen-bond donors (Lipinski definition) is 2. The Balaban J connectivity index is 1.75. The summed E-state index contributed by atoms with van der Waals surface area (Å²) in [5.41, 5.74) is 0.0375. The zero-order chi connectivity index (χ0) is 27.0. The smallest absolute Gasteiger partial charge is 0.417 e. The molecule has 196 valence electrons. The molecule has 3 heterocycles. The molecule has 38 heavy (non-hydrogen) atoms. The van der Waals surface area contributed by atoms with Gasteiger partial charge in [0.05, 0.1) is 24.6 Å². The standard InChI is InChI=1S/C25H20ClF3N6O3/c1-2-3-4-18-30-22(26)21(24(36)37)35(18)11-16-15-9-10-38-12-17(15)20(25(27,28)29)19(16)13-5-7-14(8-6-13)23-31-33-34-32-23/h5-10,12H,2-4,11H2,1H3,(H,36,37)(H,31,32,33,34). The van der Waals surface area contributed by atoms with E-state index in [0.29, 0.717) is 30.1 Å². The molecule has 2 N–H and O–H groups in total. The van der Waals surface area contributed by atoms with Gasteiger partial charge in [-0.3, -0.25) is 0 Å². The first-order valence-corrected chi connectivity index (χ1v) is 12.0. The number of halogens is 4. The molecule has 0 fully saturated rings. The van der Waals surface area contributed by atoms with Crippen LogP contribution >= 0.6 is 11.6 Å². The summed E-state index contributed by atoms with van der Waals surface area (Å²) in [6, 6.07) is 7.74. The molecule has 1 aliphatic carbocycles. The number of unbranched alkanes of at least 4 members (excludes halogenated alkanes) is 1. The largest absolute Gasteiger partial charge is 0.476 e. The van der Waals surface area contributed by atoms with Crippen LogP contribution in [0.15, 0.2) is 47.3 Å². The highest BCUT2D eigenvalue weighted by atomic mass is 35.5. The number of nitrogens with zero attached hydrogens (tertiary/aromatic N) is 5. The third-order valence-corrected chi connectivity index (χ3v) is 6.55. The number of aromatic carboxylic acids is 1. The van der Waals surface area contributed by atoms with Crippen LogP contribution in [0.25, 0.3) is 33.6 Å². The Morgan fingerprint density at radius 2 is 1.89 bits per heavy atom. The lowest BCUT2D eigenvalue weighted by atomic mass is 9.98. The molecule has 13 heteroatoms. The van der Waals surface area contributed by atoms with Crippen LogP contribution in [0.2, 0.25) is 5.15 Å². The summed E-state index contributed by atoms with van der Waals surface area (Å²) in [5.74, 6) is -0.574. The van der Waals surface area contributed by atoms with Gasteiger partial charge in [0.1, 0.15) is 5.82 Å². The van der Waals surface area contributed by atoms with Crippen LogP contribution in [0.5, 0.6) is 0 Å². The number of carboxylic acid groups (broad SMARTS) is 1. The number of H-pyrrole nitrogens is 1. The molecule has 0 atom stereocenters. The average Bonchev–Trinajstić information content (AvgIpc) is 3.60. The lowest BCUT2D eigenvalue weighted by molar-refractivity contribution is -0.136. The van der Waals surface area contributed by atoms with Crippen molar-refractivity contribution in [1.82, 2.24) is 30.2 Å². The third-order valence-electron chi connectivity index (χ3n) is 6.29. The van der Waals surface area contributed by atoms with Crippen molar-refractivity contribution < 1.29 is 27.5 Å². The summed E-state index contributed by atoms with van der Waals surface area (Å²) in [4.78, 5) is 16.3. The van der Waals surface area contributed by atoms with Crippen LogP contribution in [0, 0.1) is 0 Å². The van der Waals surface area contributed by atoms with Crippen LogP contribution in [-0.4, -0.2) is 41.3 Å². The molecule has 0 spiro atoms. The van der Waals surface area contributed by atoms with Crippen molar-refractivity contribution in [2.75, 3.05) is 0 Å². The van der Waals surface area contributed by atoms with Gasteiger partial charge in [-0.1, -0.05) is 49.2 Å². The number of nitrogens with one attached hydrogen (secondary N) is 1. The second-order valence-corrected chi connectivity index (χ2v) is 8.96. The van der Waals surface area contributed by atoms with Gasteiger partial charge >= 0.3 is 12.1 Å². The maximum atomic E-state index is 14.6. The number of aryl methyl sites for hydroxylation is 1. The van der Waals surface area contributed by atoms with E-state index in [1.807, 2.05) is 6.92 Å². The molecule has 0 unspecified atom stereocenters. The predicted octanol–water partition coefficient (Wildman–Crippen LogP) is 6.19. The number of aromatic amines is 1. The minimum atomic E-state index is -4.73. The Labute approximate surface area is 218 Å². The van der Waals surface area contributed by atoms with Gasteiger partial charge in [-0.25, -0.2) is 14.9 Å². The SMILES string of the molecule is CCCCc1nc(Cl)c(C(=O)O)n1Cc1c2ccocc-2c(C(F)(F)F)c1-c1ccc(-c2nnn[nH]2)cc1. The molecule has 1 aliphatic heterocycles. The Morgan fingerprint density at radius 3 is 2.53 bits per heavy atom. The van der Waals surface area contributed by atoms with Gasteiger partial charge in [0.2, 0.25) is 0 Å².